The Balaban J connectivity index is 2.52. The number of hydroxylamine groups is 3. The van der Waals surface area contributed by atoms with E-state index in [0.717, 1.165) is 32.1 Å². The molecule has 0 aromatic rings. The number of aliphatic hydroxyl groups is 1. The smallest absolute Gasteiger partial charge is 0.0774 e. The summed E-state index contributed by atoms with van der Waals surface area (Å²) in [5, 5.41) is 36.4. The normalized spacial score (nSPS) is 34.4. The minimum Gasteiger partial charge on any atom is -0.396 e. The maximum absolute atomic E-state index is 9.28. The molecule has 0 aromatic heterocycles. The van der Waals surface area contributed by atoms with Crippen molar-refractivity contribution in [2.75, 3.05) is 6.61 Å². The Bertz CT molecular complexity index is 259. The highest BCUT2D eigenvalue weighted by Gasteiger charge is 2.43. The topological polar surface area (TPSA) is 126 Å². The molecule has 1 saturated heterocycles. The number of nitrogens with one attached hydrogen (secondary N) is 3. The van der Waals surface area contributed by atoms with Gasteiger partial charge in [0.1, 0.15) is 0 Å². The molecule has 120 valence electrons. The zero-order chi connectivity index (χ0) is 15.0. The zero-order valence-corrected chi connectivity index (χ0v) is 11.8. The highest BCUT2D eigenvalue weighted by Crippen LogP contribution is 2.24. The highest BCUT2D eigenvalue weighted by atomic mass is 16.5. The number of aliphatic hydroxyl groups excluding tert-OH is 1. The third kappa shape index (κ3) is 4.61. The SMILES string of the molecule is CC1OC(CCCCCCO)C(NO)C(NO)C1NO. The maximum Gasteiger partial charge on any atom is 0.0774 e. The molecule has 1 aliphatic heterocycles. The molecular weight excluding hydrogens is 266 g/mol. The monoisotopic (exact) mass is 293 g/mol. The summed E-state index contributed by atoms with van der Waals surface area (Å²) in [6, 6.07) is -1.63. The van der Waals surface area contributed by atoms with Gasteiger partial charge in [0.15, 0.2) is 0 Å². The van der Waals surface area contributed by atoms with Crippen molar-refractivity contribution in [1.82, 2.24) is 16.4 Å². The Hall–Kier alpha value is -0.320. The average molecular weight is 293 g/mol. The van der Waals surface area contributed by atoms with Crippen LogP contribution in [-0.2, 0) is 4.74 Å². The van der Waals surface area contributed by atoms with Crippen molar-refractivity contribution in [2.24, 2.45) is 0 Å². The van der Waals surface area contributed by atoms with Crippen LogP contribution in [0.15, 0.2) is 0 Å². The van der Waals surface area contributed by atoms with Crippen LogP contribution >= 0.6 is 0 Å². The Kier molecular flexibility index (Phi) is 8.50. The molecule has 0 radical (unpaired) electrons. The summed E-state index contributed by atoms with van der Waals surface area (Å²) >= 11 is 0. The van der Waals surface area contributed by atoms with E-state index in [-0.39, 0.29) is 18.8 Å². The van der Waals surface area contributed by atoms with Crippen LogP contribution in [0.3, 0.4) is 0 Å². The second-order valence-corrected chi connectivity index (χ2v) is 5.27. The lowest BCUT2D eigenvalue weighted by Crippen LogP contribution is -2.68. The largest absolute Gasteiger partial charge is 0.396 e. The molecule has 1 aliphatic rings. The van der Waals surface area contributed by atoms with E-state index in [2.05, 4.69) is 16.4 Å². The highest BCUT2D eigenvalue weighted by molar-refractivity contribution is 4.99. The predicted octanol–water partition coefficient (Wildman–Crippen LogP) is -0.241. The summed E-state index contributed by atoms with van der Waals surface area (Å²) in [6.45, 7) is 2.00. The fourth-order valence-corrected chi connectivity index (χ4v) is 2.76. The van der Waals surface area contributed by atoms with Gasteiger partial charge in [0.05, 0.1) is 30.3 Å². The first-order valence-corrected chi connectivity index (χ1v) is 7.14. The van der Waals surface area contributed by atoms with E-state index in [1.165, 1.54) is 0 Å². The molecule has 0 spiro atoms. The lowest BCUT2D eigenvalue weighted by molar-refractivity contribution is -0.152. The first-order chi connectivity index (χ1) is 9.69. The van der Waals surface area contributed by atoms with Gasteiger partial charge in [-0.1, -0.05) is 19.3 Å². The minimum atomic E-state index is -0.573. The number of unbranched alkanes of at least 4 members (excludes halogenated alkanes) is 3. The van der Waals surface area contributed by atoms with Gasteiger partial charge in [-0.05, 0) is 19.8 Å². The van der Waals surface area contributed by atoms with Crippen LogP contribution in [0.1, 0.15) is 39.0 Å². The molecule has 0 saturated carbocycles. The molecule has 8 heteroatoms. The Morgan fingerprint density at radius 1 is 0.850 bits per heavy atom. The van der Waals surface area contributed by atoms with E-state index >= 15 is 0 Å². The van der Waals surface area contributed by atoms with Crippen LogP contribution in [0.2, 0.25) is 0 Å². The second kappa shape index (κ2) is 9.59. The number of ether oxygens (including phenoxy) is 1. The van der Waals surface area contributed by atoms with Crippen LogP contribution in [0, 0.1) is 0 Å². The van der Waals surface area contributed by atoms with E-state index in [0.29, 0.717) is 0 Å². The molecule has 5 atom stereocenters. The summed E-state index contributed by atoms with van der Waals surface area (Å²) in [7, 11) is 0. The number of rotatable bonds is 9. The molecule has 0 amide bonds. The van der Waals surface area contributed by atoms with Crippen molar-refractivity contribution in [2.45, 2.75) is 69.4 Å². The van der Waals surface area contributed by atoms with E-state index < -0.39 is 18.1 Å². The van der Waals surface area contributed by atoms with Gasteiger partial charge in [-0.25, -0.2) is 0 Å². The predicted molar refractivity (Wildman–Crippen MR) is 70.6 cm³/mol. The van der Waals surface area contributed by atoms with Gasteiger partial charge in [0, 0.05) is 6.61 Å². The number of hydrogen-bond donors (Lipinski definition) is 7. The lowest BCUT2D eigenvalue weighted by atomic mass is 9.88. The standard InChI is InChI=1S/C12H27N3O5/c1-8-10(13-17)12(15-19)11(14-18)9(20-8)6-4-2-3-5-7-16/h8-19H,2-7H2,1H3. The summed E-state index contributed by atoms with van der Waals surface area (Å²) in [4.78, 5) is 0. The van der Waals surface area contributed by atoms with Crippen molar-refractivity contribution in [1.29, 1.82) is 0 Å². The van der Waals surface area contributed by atoms with Gasteiger partial charge >= 0.3 is 0 Å². The van der Waals surface area contributed by atoms with E-state index in [9.17, 15) is 10.4 Å². The molecule has 8 nitrogen and oxygen atoms in total. The van der Waals surface area contributed by atoms with Gasteiger partial charge < -0.3 is 25.5 Å². The fraction of sp³-hybridized carbons (Fsp3) is 1.00. The van der Waals surface area contributed by atoms with Crippen LogP contribution in [0.25, 0.3) is 0 Å². The Morgan fingerprint density at radius 3 is 2.00 bits per heavy atom. The molecule has 1 fully saturated rings. The minimum absolute atomic E-state index is 0.206. The molecule has 0 bridgehead atoms. The van der Waals surface area contributed by atoms with Crippen LogP contribution in [0.5, 0.6) is 0 Å². The molecule has 0 aromatic carbocycles. The van der Waals surface area contributed by atoms with Crippen molar-refractivity contribution in [3.63, 3.8) is 0 Å². The molecule has 1 rings (SSSR count). The zero-order valence-electron chi connectivity index (χ0n) is 11.8. The van der Waals surface area contributed by atoms with E-state index in [1.54, 1.807) is 6.92 Å². The summed E-state index contributed by atoms with van der Waals surface area (Å²) in [6.07, 6.45) is 3.79. The first kappa shape index (κ1) is 17.7. The Labute approximate surface area is 119 Å². The third-order valence-corrected chi connectivity index (χ3v) is 3.91. The fourth-order valence-electron chi connectivity index (χ4n) is 2.76. The second-order valence-electron chi connectivity index (χ2n) is 5.27. The van der Waals surface area contributed by atoms with Crippen molar-refractivity contribution >= 4 is 0 Å². The third-order valence-electron chi connectivity index (χ3n) is 3.91. The summed E-state index contributed by atoms with van der Waals surface area (Å²) in [5.74, 6) is 0. The van der Waals surface area contributed by atoms with Crippen molar-refractivity contribution in [3.05, 3.63) is 0 Å². The lowest BCUT2D eigenvalue weighted by Gasteiger charge is -2.44. The van der Waals surface area contributed by atoms with Crippen molar-refractivity contribution in [3.8, 4) is 0 Å². The van der Waals surface area contributed by atoms with Gasteiger partial charge in [-0.15, -0.1) is 0 Å². The van der Waals surface area contributed by atoms with E-state index in [4.69, 9.17) is 15.1 Å². The Morgan fingerprint density at radius 2 is 1.45 bits per heavy atom. The van der Waals surface area contributed by atoms with Crippen LogP contribution < -0.4 is 16.4 Å². The van der Waals surface area contributed by atoms with Crippen LogP contribution in [-0.4, -0.2) is 57.7 Å². The maximum atomic E-state index is 9.28. The molecular formula is C12H27N3O5. The number of hydrogen-bond acceptors (Lipinski definition) is 8. The van der Waals surface area contributed by atoms with Gasteiger partial charge in [-0.3, -0.25) is 0 Å². The van der Waals surface area contributed by atoms with Crippen LogP contribution in [0.4, 0.5) is 0 Å². The van der Waals surface area contributed by atoms with Gasteiger partial charge in [-0.2, -0.15) is 16.4 Å². The van der Waals surface area contributed by atoms with Crippen molar-refractivity contribution < 1.29 is 25.5 Å². The van der Waals surface area contributed by atoms with Gasteiger partial charge in [0.2, 0.25) is 0 Å². The summed E-state index contributed by atoms with van der Waals surface area (Å²) < 4.78 is 5.79. The first-order valence-electron chi connectivity index (χ1n) is 7.14. The molecule has 20 heavy (non-hydrogen) atoms. The van der Waals surface area contributed by atoms with E-state index in [1.807, 2.05) is 0 Å². The molecule has 5 unspecified atom stereocenters. The molecule has 0 aliphatic carbocycles. The summed E-state index contributed by atoms with van der Waals surface area (Å²) in [5.41, 5.74) is 6.37. The quantitative estimate of drug-likeness (QED) is 0.229. The molecule has 1 heterocycles. The van der Waals surface area contributed by atoms with Gasteiger partial charge in [0.25, 0.3) is 0 Å². The average Bonchev–Trinajstić information content (AvgIpc) is 2.46. The molecule has 7 N–H and O–H groups in total.